The van der Waals surface area contributed by atoms with Crippen molar-refractivity contribution < 1.29 is 4.39 Å². The third-order valence-electron chi connectivity index (χ3n) is 3.68. The molecular weight excluding hydrogens is 310 g/mol. The van der Waals surface area contributed by atoms with E-state index in [0.717, 1.165) is 19.6 Å². The second-order valence-electron chi connectivity index (χ2n) is 5.08. The van der Waals surface area contributed by atoms with E-state index in [2.05, 4.69) is 22.3 Å². The van der Waals surface area contributed by atoms with Crippen LogP contribution in [0.2, 0.25) is 10.0 Å². The molecule has 110 valence electrons. The van der Waals surface area contributed by atoms with Gasteiger partial charge in [0.25, 0.3) is 0 Å². The third-order valence-corrected chi connectivity index (χ3v) is 4.25. The van der Waals surface area contributed by atoms with Crippen LogP contribution in [0.4, 0.5) is 10.1 Å². The fourth-order valence-corrected chi connectivity index (χ4v) is 3.40. The first kappa shape index (κ1) is 14.6. The van der Waals surface area contributed by atoms with Gasteiger partial charge in [-0.05, 0) is 17.7 Å². The summed E-state index contributed by atoms with van der Waals surface area (Å²) in [6, 6.07) is 13.0. The van der Waals surface area contributed by atoms with Crippen LogP contribution in [-0.2, 0) is 0 Å². The van der Waals surface area contributed by atoms with E-state index in [1.54, 1.807) is 0 Å². The average molecular weight is 325 g/mol. The lowest BCUT2D eigenvalue weighted by atomic mass is 10.0. The van der Waals surface area contributed by atoms with Crippen molar-refractivity contribution in [2.75, 3.05) is 24.5 Å². The summed E-state index contributed by atoms with van der Waals surface area (Å²) in [5.41, 5.74) is 1.93. The van der Waals surface area contributed by atoms with Crippen molar-refractivity contribution >= 4 is 28.9 Å². The quantitative estimate of drug-likeness (QED) is 0.886. The highest BCUT2D eigenvalue weighted by molar-refractivity contribution is 6.39. The minimum atomic E-state index is -0.413. The van der Waals surface area contributed by atoms with Crippen LogP contribution >= 0.6 is 23.2 Å². The molecule has 5 heteroatoms. The SMILES string of the molecule is Fc1cc(Cl)c(N2CCNC(c3ccccc3)C2)c(Cl)c1. The summed E-state index contributed by atoms with van der Waals surface area (Å²) >= 11 is 12.4. The third kappa shape index (κ3) is 3.15. The molecule has 0 saturated carbocycles. The van der Waals surface area contributed by atoms with Crippen LogP contribution in [-0.4, -0.2) is 19.6 Å². The summed E-state index contributed by atoms with van der Waals surface area (Å²) in [6.07, 6.45) is 0. The van der Waals surface area contributed by atoms with E-state index in [-0.39, 0.29) is 6.04 Å². The van der Waals surface area contributed by atoms with E-state index in [1.807, 2.05) is 18.2 Å². The van der Waals surface area contributed by atoms with Gasteiger partial charge in [0, 0.05) is 25.7 Å². The maximum atomic E-state index is 13.3. The molecule has 1 N–H and O–H groups in total. The van der Waals surface area contributed by atoms with Gasteiger partial charge in [-0.2, -0.15) is 0 Å². The molecule has 3 rings (SSSR count). The van der Waals surface area contributed by atoms with Crippen molar-refractivity contribution in [1.29, 1.82) is 0 Å². The van der Waals surface area contributed by atoms with Crippen LogP contribution in [0.5, 0.6) is 0 Å². The molecule has 21 heavy (non-hydrogen) atoms. The first-order valence-electron chi connectivity index (χ1n) is 6.83. The summed E-state index contributed by atoms with van der Waals surface area (Å²) < 4.78 is 13.3. The van der Waals surface area contributed by atoms with E-state index >= 15 is 0 Å². The van der Waals surface area contributed by atoms with Crippen molar-refractivity contribution in [2.24, 2.45) is 0 Å². The second kappa shape index (κ2) is 6.22. The summed E-state index contributed by atoms with van der Waals surface area (Å²) in [5, 5.41) is 4.19. The Morgan fingerprint density at radius 2 is 1.76 bits per heavy atom. The molecule has 1 saturated heterocycles. The highest BCUT2D eigenvalue weighted by Crippen LogP contribution is 2.36. The minimum Gasteiger partial charge on any atom is -0.366 e. The van der Waals surface area contributed by atoms with Crippen LogP contribution in [0, 0.1) is 5.82 Å². The van der Waals surface area contributed by atoms with Crippen LogP contribution < -0.4 is 10.2 Å². The van der Waals surface area contributed by atoms with E-state index in [4.69, 9.17) is 23.2 Å². The van der Waals surface area contributed by atoms with Crippen LogP contribution in [0.15, 0.2) is 42.5 Å². The summed E-state index contributed by atoms with van der Waals surface area (Å²) in [4.78, 5) is 2.11. The normalized spacial score (nSPS) is 18.8. The second-order valence-corrected chi connectivity index (χ2v) is 5.90. The molecule has 0 amide bonds. The Morgan fingerprint density at radius 3 is 2.43 bits per heavy atom. The van der Waals surface area contributed by atoms with Crippen molar-refractivity contribution in [2.45, 2.75) is 6.04 Å². The molecule has 1 atom stereocenters. The fraction of sp³-hybridized carbons (Fsp3) is 0.250. The van der Waals surface area contributed by atoms with Crippen molar-refractivity contribution in [3.05, 3.63) is 63.9 Å². The van der Waals surface area contributed by atoms with Gasteiger partial charge in [0.2, 0.25) is 0 Å². The Bertz CT molecular complexity index is 610. The number of benzene rings is 2. The first-order valence-corrected chi connectivity index (χ1v) is 7.58. The highest BCUT2D eigenvalue weighted by Gasteiger charge is 2.24. The molecule has 2 nitrogen and oxygen atoms in total. The molecule has 0 spiro atoms. The fourth-order valence-electron chi connectivity index (χ4n) is 2.70. The molecule has 2 aromatic rings. The van der Waals surface area contributed by atoms with E-state index in [1.165, 1.54) is 17.7 Å². The van der Waals surface area contributed by atoms with Gasteiger partial charge in [-0.15, -0.1) is 0 Å². The molecule has 0 radical (unpaired) electrons. The summed E-state index contributed by atoms with van der Waals surface area (Å²) in [6.45, 7) is 2.35. The van der Waals surface area contributed by atoms with E-state index < -0.39 is 5.82 Å². The largest absolute Gasteiger partial charge is 0.366 e. The number of nitrogens with zero attached hydrogens (tertiary/aromatic N) is 1. The predicted molar refractivity (Wildman–Crippen MR) is 85.8 cm³/mol. The Balaban J connectivity index is 1.87. The van der Waals surface area contributed by atoms with Gasteiger partial charge in [0.15, 0.2) is 0 Å². The lowest BCUT2D eigenvalue weighted by Gasteiger charge is -2.36. The molecule has 1 heterocycles. The van der Waals surface area contributed by atoms with Crippen molar-refractivity contribution in [1.82, 2.24) is 5.32 Å². The maximum Gasteiger partial charge on any atom is 0.126 e. The maximum absolute atomic E-state index is 13.3. The Morgan fingerprint density at radius 1 is 1.10 bits per heavy atom. The zero-order valence-corrected chi connectivity index (χ0v) is 12.8. The number of anilines is 1. The number of piperazine rings is 1. The summed E-state index contributed by atoms with van der Waals surface area (Å²) in [5.74, 6) is -0.413. The Kier molecular flexibility index (Phi) is 4.34. The van der Waals surface area contributed by atoms with Crippen molar-refractivity contribution in [3.8, 4) is 0 Å². The standard InChI is InChI=1S/C16H15Cl2FN2/c17-13-8-12(19)9-14(18)16(13)21-7-6-20-15(10-21)11-4-2-1-3-5-11/h1-5,8-9,15,20H,6-7,10H2. The molecule has 1 fully saturated rings. The minimum absolute atomic E-state index is 0.206. The van der Waals surface area contributed by atoms with Crippen molar-refractivity contribution in [3.63, 3.8) is 0 Å². The van der Waals surface area contributed by atoms with E-state index in [9.17, 15) is 4.39 Å². The van der Waals surface area contributed by atoms with Gasteiger partial charge in [-0.25, -0.2) is 4.39 Å². The van der Waals surface area contributed by atoms with Gasteiger partial charge in [-0.3, -0.25) is 0 Å². The zero-order chi connectivity index (χ0) is 14.8. The molecule has 0 aliphatic carbocycles. The van der Waals surface area contributed by atoms with Gasteiger partial charge in [0.05, 0.1) is 15.7 Å². The van der Waals surface area contributed by atoms with Gasteiger partial charge < -0.3 is 10.2 Å². The zero-order valence-electron chi connectivity index (χ0n) is 11.3. The Labute approximate surface area is 133 Å². The first-order chi connectivity index (χ1) is 10.1. The Hall–Kier alpha value is -1.29. The topological polar surface area (TPSA) is 15.3 Å². The highest BCUT2D eigenvalue weighted by atomic mass is 35.5. The predicted octanol–water partition coefficient (Wildman–Crippen LogP) is 4.28. The van der Waals surface area contributed by atoms with Gasteiger partial charge in [0.1, 0.15) is 5.82 Å². The number of hydrogen-bond acceptors (Lipinski definition) is 2. The van der Waals surface area contributed by atoms with Crippen LogP contribution in [0.3, 0.4) is 0 Å². The molecule has 1 unspecified atom stereocenters. The number of halogens is 3. The van der Waals surface area contributed by atoms with Gasteiger partial charge >= 0.3 is 0 Å². The van der Waals surface area contributed by atoms with Gasteiger partial charge in [-0.1, -0.05) is 53.5 Å². The lowest BCUT2D eigenvalue weighted by Crippen LogP contribution is -2.46. The molecule has 2 aromatic carbocycles. The molecule has 0 aromatic heterocycles. The number of nitrogens with one attached hydrogen (secondary N) is 1. The number of rotatable bonds is 2. The molecule has 1 aliphatic rings. The number of hydrogen-bond donors (Lipinski definition) is 1. The molecular formula is C16H15Cl2FN2. The monoisotopic (exact) mass is 324 g/mol. The molecule has 0 bridgehead atoms. The van der Waals surface area contributed by atoms with E-state index in [0.29, 0.717) is 15.7 Å². The smallest absolute Gasteiger partial charge is 0.126 e. The summed E-state index contributed by atoms with van der Waals surface area (Å²) in [7, 11) is 0. The molecule has 1 aliphatic heterocycles. The lowest BCUT2D eigenvalue weighted by molar-refractivity contribution is 0.472. The van der Waals surface area contributed by atoms with Crippen LogP contribution in [0.1, 0.15) is 11.6 Å². The van der Waals surface area contributed by atoms with Crippen LogP contribution in [0.25, 0.3) is 0 Å². The average Bonchev–Trinajstić information content (AvgIpc) is 2.47.